The Morgan fingerprint density at radius 2 is 2.06 bits per heavy atom. The minimum atomic E-state index is -4.39. The molecule has 0 unspecified atom stereocenters. The minimum absolute atomic E-state index is 0.0223. The number of rotatable bonds is 5. The van der Waals surface area contributed by atoms with E-state index in [2.05, 4.69) is 15.9 Å². The highest BCUT2D eigenvalue weighted by molar-refractivity contribution is 9.09. The highest BCUT2D eigenvalue weighted by atomic mass is 79.9. The zero-order valence-corrected chi connectivity index (χ0v) is 11.4. The van der Waals surface area contributed by atoms with Gasteiger partial charge in [0.2, 0.25) is 0 Å². The molecule has 0 fully saturated rings. The number of aryl methyl sites for hydroxylation is 1. The summed E-state index contributed by atoms with van der Waals surface area (Å²) in [4.78, 5) is 10.0. The van der Waals surface area contributed by atoms with Crippen LogP contribution in [-0.2, 0) is 6.42 Å². The third-order valence-corrected chi connectivity index (χ3v) is 3.47. The molecule has 0 saturated carbocycles. The fourth-order valence-corrected chi connectivity index (χ4v) is 2.31. The van der Waals surface area contributed by atoms with Gasteiger partial charge in [-0.15, -0.1) is 0 Å². The lowest BCUT2D eigenvalue weighted by molar-refractivity contribution is -0.385. The van der Waals surface area contributed by atoms with E-state index in [-0.39, 0.29) is 22.3 Å². The molecule has 0 radical (unpaired) electrons. The smallest absolute Gasteiger partial charge is 0.258 e. The van der Waals surface area contributed by atoms with Crippen LogP contribution in [-0.4, -0.2) is 15.8 Å². The van der Waals surface area contributed by atoms with Gasteiger partial charge in [0.05, 0.1) is 4.92 Å². The molecule has 0 bridgehead atoms. The van der Waals surface area contributed by atoms with E-state index in [1.807, 2.05) is 0 Å². The van der Waals surface area contributed by atoms with Crippen LogP contribution in [0.15, 0.2) is 23.1 Å². The van der Waals surface area contributed by atoms with Crippen molar-refractivity contribution in [1.29, 1.82) is 0 Å². The molecule has 100 valence electrons. The van der Waals surface area contributed by atoms with Crippen molar-refractivity contribution in [2.45, 2.75) is 23.2 Å². The number of nitro benzene ring substituents is 1. The molecular weight excluding hydrogens is 335 g/mol. The molecule has 8 heteroatoms. The lowest BCUT2D eigenvalue weighted by Gasteiger charge is -2.10. The fraction of sp³-hybridized carbons (Fsp3) is 0.400. The maximum Gasteiger partial charge on any atom is 0.446 e. The molecule has 0 amide bonds. The molecular formula is C10H9BrF3NO2S. The van der Waals surface area contributed by atoms with Crippen LogP contribution in [0, 0.1) is 10.1 Å². The van der Waals surface area contributed by atoms with E-state index in [1.165, 1.54) is 6.07 Å². The van der Waals surface area contributed by atoms with E-state index < -0.39 is 10.4 Å². The topological polar surface area (TPSA) is 43.1 Å². The summed E-state index contributed by atoms with van der Waals surface area (Å²) in [7, 11) is 0. The SMILES string of the molecule is O=[N+]([O-])c1ccc(SC(F)(F)F)c(CCCBr)c1. The summed E-state index contributed by atoms with van der Waals surface area (Å²) in [6.07, 6.45) is 0.984. The molecule has 1 rings (SSSR count). The molecule has 0 aromatic heterocycles. The van der Waals surface area contributed by atoms with E-state index in [0.29, 0.717) is 23.7 Å². The van der Waals surface area contributed by atoms with Crippen LogP contribution in [0.4, 0.5) is 18.9 Å². The van der Waals surface area contributed by atoms with Crippen LogP contribution in [0.2, 0.25) is 0 Å². The summed E-state index contributed by atoms with van der Waals surface area (Å²) in [5.41, 5.74) is -4.23. The van der Waals surface area contributed by atoms with E-state index in [4.69, 9.17) is 0 Å². The Balaban J connectivity index is 3.04. The van der Waals surface area contributed by atoms with Crippen molar-refractivity contribution >= 4 is 33.4 Å². The molecule has 0 aliphatic heterocycles. The first-order valence-electron chi connectivity index (χ1n) is 4.92. The van der Waals surface area contributed by atoms with Crippen molar-refractivity contribution in [2.24, 2.45) is 0 Å². The highest BCUT2D eigenvalue weighted by Gasteiger charge is 2.30. The summed E-state index contributed by atoms with van der Waals surface area (Å²) in [6.45, 7) is 0. The highest BCUT2D eigenvalue weighted by Crippen LogP contribution is 2.39. The van der Waals surface area contributed by atoms with Gasteiger partial charge < -0.3 is 0 Å². The van der Waals surface area contributed by atoms with Crippen LogP contribution in [0.5, 0.6) is 0 Å². The Labute approximate surface area is 114 Å². The standard InChI is InChI=1S/C10H9BrF3NO2S/c11-5-1-2-7-6-8(15(16)17)3-4-9(7)18-10(12,13)14/h3-4,6H,1-2,5H2. The van der Waals surface area contributed by atoms with Crippen molar-refractivity contribution in [3.8, 4) is 0 Å². The van der Waals surface area contributed by atoms with Gasteiger partial charge in [-0.1, -0.05) is 15.9 Å². The van der Waals surface area contributed by atoms with E-state index in [0.717, 1.165) is 12.1 Å². The molecule has 0 saturated heterocycles. The predicted octanol–water partition coefficient (Wildman–Crippen LogP) is 4.53. The average Bonchev–Trinajstić information content (AvgIpc) is 2.25. The second-order valence-electron chi connectivity index (χ2n) is 3.39. The van der Waals surface area contributed by atoms with E-state index >= 15 is 0 Å². The molecule has 0 spiro atoms. The molecule has 0 N–H and O–H groups in total. The zero-order valence-electron chi connectivity index (χ0n) is 9.04. The van der Waals surface area contributed by atoms with Crippen LogP contribution in [0.3, 0.4) is 0 Å². The summed E-state index contributed by atoms with van der Waals surface area (Å²) in [5, 5.41) is 11.2. The Morgan fingerprint density at radius 1 is 1.39 bits per heavy atom. The number of nitrogens with zero attached hydrogens (tertiary/aromatic N) is 1. The Morgan fingerprint density at radius 3 is 2.56 bits per heavy atom. The van der Waals surface area contributed by atoms with Crippen molar-refractivity contribution in [3.05, 3.63) is 33.9 Å². The van der Waals surface area contributed by atoms with Crippen LogP contribution >= 0.6 is 27.7 Å². The lowest BCUT2D eigenvalue weighted by atomic mass is 10.1. The molecule has 1 aromatic carbocycles. The fourth-order valence-electron chi connectivity index (χ4n) is 1.36. The van der Waals surface area contributed by atoms with Crippen LogP contribution in [0.1, 0.15) is 12.0 Å². The summed E-state index contributed by atoms with van der Waals surface area (Å²) >= 11 is 2.94. The van der Waals surface area contributed by atoms with Crippen molar-refractivity contribution in [3.63, 3.8) is 0 Å². The van der Waals surface area contributed by atoms with Crippen molar-refractivity contribution < 1.29 is 18.1 Å². The second kappa shape index (κ2) is 6.42. The van der Waals surface area contributed by atoms with Gasteiger partial charge in [-0.3, -0.25) is 10.1 Å². The molecule has 0 atom stereocenters. The molecule has 18 heavy (non-hydrogen) atoms. The first kappa shape index (κ1) is 15.3. The number of nitro groups is 1. The van der Waals surface area contributed by atoms with Crippen LogP contribution < -0.4 is 0 Å². The maximum atomic E-state index is 12.3. The monoisotopic (exact) mass is 343 g/mol. The van der Waals surface area contributed by atoms with Gasteiger partial charge in [0.25, 0.3) is 5.69 Å². The summed E-state index contributed by atoms with van der Waals surface area (Å²) < 4.78 is 37.0. The molecule has 0 heterocycles. The van der Waals surface area contributed by atoms with Gasteiger partial charge in [-0.25, -0.2) is 0 Å². The third kappa shape index (κ3) is 4.85. The first-order chi connectivity index (χ1) is 8.33. The second-order valence-corrected chi connectivity index (χ2v) is 5.29. The maximum absolute atomic E-state index is 12.3. The summed E-state index contributed by atoms with van der Waals surface area (Å²) in [6, 6.07) is 3.45. The molecule has 0 aliphatic rings. The van der Waals surface area contributed by atoms with Gasteiger partial charge in [0.15, 0.2) is 0 Å². The van der Waals surface area contributed by atoms with Gasteiger partial charge >= 0.3 is 5.51 Å². The number of non-ortho nitro benzene ring substituents is 1. The number of halogens is 4. The number of alkyl halides is 4. The van der Waals surface area contributed by atoms with E-state index in [1.54, 1.807) is 0 Å². The zero-order chi connectivity index (χ0) is 13.8. The van der Waals surface area contributed by atoms with Gasteiger partial charge in [-0.2, -0.15) is 13.2 Å². The number of hydrogen-bond donors (Lipinski definition) is 0. The van der Waals surface area contributed by atoms with Gasteiger partial charge in [-0.05, 0) is 36.2 Å². The number of hydrogen-bond acceptors (Lipinski definition) is 3. The van der Waals surface area contributed by atoms with Crippen molar-refractivity contribution in [1.82, 2.24) is 0 Å². The minimum Gasteiger partial charge on any atom is -0.258 e. The molecule has 0 aliphatic carbocycles. The normalized spacial score (nSPS) is 11.6. The largest absolute Gasteiger partial charge is 0.446 e. The lowest BCUT2D eigenvalue weighted by Crippen LogP contribution is -2.02. The first-order valence-corrected chi connectivity index (χ1v) is 6.86. The van der Waals surface area contributed by atoms with E-state index in [9.17, 15) is 23.3 Å². The Hall–Kier alpha value is -0.760. The quantitative estimate of drug-likeness (QED) is 0.341. The Bertz CT molecular complexity index is 440. The third-order valence-electron chi connectivity index (χ3n) is 2.06. The van der Waals surface area contributed by atoms with Gasteiger partial charge in [0.1, 0.15) is 0 Å². The van der Waals surface area contributed by atoms with Crippen LogP contribution in [0.25, 0.3) is 0 Å². The molecule has 3 nitrogen and oxygen atoms in total. The molecule has 1 aromatic rings. The number of thioether (sulfide) groups is 1. The Kier molecular flexibility index (Phi) is 5.46. The summed E-state index contributed by atoms with van der Waals surface area (Å²) in [5.74, 6) is 0. The number of benzene rings is 1. The van der Waals surface area contributed by atoms with Gasteiger partial charge in [0, 0.05) is 22.4 Å². The average molecular weight is 344 g/mol. The predicted molar refractivity (Wildman–Crippen MR) is 67.1 cm³/mol. The van der Waals surface area contributed by atoms with Crippen molar-refractivity contribution in [2.75, 3.05) is 5.33 Å².